The lowest BCUT2D eigenvalue weighted by Crippen LogP contribution is -2.46. The topological polar surface area (TPSA) is 311 Å². The number of carboxylic acids is 3. The summed E-state index contributed by atoms with van der Waals surface area (Å²) in [5.41, 5.74) is 14.8. The second-order valence-electron chi connectivity index (χ2n) is 5.86. The summed E-state index contributed by atoms with van der Waals surface area (Å²) in [7, 11) is 0. The van der Waals surface area contributed by atoms with Crippen molar-refractivity contribution in [2.75, 3.05) is 30.5 Å². The number of hydrogen-bond acceptors (Lipinski definition) is 15. The molecule has 0 rings (SSSR count). The Bertz CT molecular complexity index is 462. The average Bonchev–Trinajstić information content (AvgIpc) is 2.80. The molecule has 0 radical (unpaired) electrons. The van der Waals surface area contributed by atoms with Crippen LogP contribution in [0.2, 0.25) is 0 Å². The van der Waals surface area contributed by atoms with Gasteiger partial charge in [0.15, 0.2) is 0 Å². The normalized spacial score (nSPS) is 16.4. The number of rotatable bonds is 11. The predicted octanol–water partition coefficient (Wildman–Crippen LogP) is -5.60. The molecule has 7 atom stereocenters. The quantitative estimate of drug-likeness (QED) is 0.108. The van der Waals surface area contributed by atoms with Crippen molar-refractivity contribution in [3.8, 4) is 0 Å². The number of aliphatic hydroxyl groups is 6. The fourth-order valence-corrected chi connectivity index (χ4v) is 1.37. The van der Waals surface area contributed by atoms with E-state index in [-0.39, 0.29) is 17.3 Å². The van der Waals surface area contributed by atoms with Gasteiger partial charge in [0.25, 0.3) is 0 Å². The third kappa shape index (κ3) is 24.0. The molecule has 0 aromatic heterocycles. The first-order valence-corrected chi connectivity index (χ1v) is 10.7. The molecule has 200 valence electrons. The maximum atomic E-state index is 9.76. The largest absolute Gasteiger partial charge is 0.480 e. The lowest BCUT2D eigenvalue weighted by atomic mass is 10.0. The molecule has 0 aliphatic rings. The lowest BCUT2D eigenvalue weighted by Gasteiger charge is -2.24. The molecule has 0 aliphatic heterocycles. The van der Waals surface area contributed by atoms with E-state index in [9.17, 15) is 14.4 Å². The maximum Gasteiger partial charge on any atom is 0.321 e. The third-order valence-electron chi connectivity index (χ3n) is 3.05. The molecule has 0 spiro atoms. The number of aliphatic hydroxyl groups excluding tert-OH is 6. The Morgan fingerprint density at radius 2 is 0.758 bits per heavy atom. The fourth-order valence-electron chi connectivity index (χ4n) is 0.905. The van der Waals surface area contributed by atoms with E-state index in [0.29, 0.717) is 0 Å². The zero-order valence-corrected chi connectivity index (χ0v) is 20.1. The standard InChI is InChI=1S/C6H14O6.3C3H7NO2S/c7-1-3(9)5(11)6(12)4(10)2-8;3*4-2(1-7)3(5)6/h3-12H,1-2H2;3*2,7H,1,4H2,(H,5,6)/t3-,4+,5-,6-;3*2-/m1000/s1. The van der Waals surface area contributed by atoms with E-state index < -0.39 is 73.7 Å². The van der Waals surface area contributed by atoms with Crippen LogP contribution in [-0.2, 0) is 14.4 Å². The average molecular weight is 546 g/mol. The van der Waals surface area contributed by atoms with Crippen LogP contribution in [-0.4, -0.2) is 137 Å². The molecule has 0 unspecified atom stereocenters. The minimum Gasteiger partial charge on any atom is -0.480 e. The van der Waals surface area contributed by atoms with Crippen LogP contribution >= 0.6 is 37.9 Å². The molecule has 15 nitrogen and oxygen atoms in total. The molecular formula is C15H35N3O12S3. The SMILES string of the molecule is N[C@@H](CS)C(=O)O.N[C@@H](CS)C(=O)O.N[C@@H](CS)C(=O)O.OC[C@@H](O)[C@@H](O)[C@H](O)[C@@H](O)CO. The first kappa shape index (κ1) is 39.3. The van der Waals surface area contributed by atoms with Crippen LogP contribution in [0.5, 0.6) is 0 Å². The molecule has 0 fully saturated rings. The Morgan fingerprint density at radius 1 is 0.576 bits per heavy atom. The molecular weight excluding hydrogens is 510 g/mol. The van der Waals surface area contributed by atoms with E-state index in [2.05, 4.69) is 37.9 Å². The Balaban J connectivity index is -0.000000176. The van der Waals surface area contributed by atoms with Crippen molar-refractivity contribution in [1.82, 2.24) is 0 Å². The van der Waals surface area contributed by atoms with E-state index >= 15 is 0 Å². The summed E-state index contributed by atoms with van der Waals surface area (Å²) < 4.78 is 0. The molecule has 33 heavy (non-hydrogen) atoms. The van der Waals surface area contributed by atoms with Crippen LogP contribution in [0.4, 0.5) is 0 Å². The molecule has 0 saturated heterocycles. The van der Waals surface area contributed by atoms with Crippen molar-refractivity contribution in [3.63, 3.8) is 0 Å². The molecule has 0 bridgehead atoms. The molecule has 0 aromatic rings. The molecule has 15 N–H and O–H groups in total. The van der Waals surface area contributed by atoms with Crippen molar-refractivity contribution in [1.29, 1.82) is 0 Å². The minimum absolute atomic E-state index is 0.190. The van der Waals surface area contributed by atoms with Gasteiger partial charge >= 0.3 is 17.9 Å². The van der Waals surface area contributed by atoms with Crippen LogP contribution in [0.3, 0.4) is 0 Å². The lowest BCUT2D eigenvalue weighted by molar-refractivity contribution is -0.138. The zero-order valence-electron chi connectivity index (χ0n) is 17.4. The molecule has 0 amide bonds. The highest BCUT2D eigenvalue weighted by Gasteiger charge is 2.29. The van der Waals surface area contributed by atoms with Gasteiger partial charge < -0.3 is 63.2 Å². The second kappa shape index (κ2) is 24.2. The summed E-state index contributed by atoms with van der Waals surface area (Å²) in [5.74, 6) is -2.44. The highest BCUT2D eigenvalue weighted by atomic mass is 32.1. The highest BCUT2D eigenvalue weighted by Crippen LogP contribution is 2.04. The summed E-state index contributed by atoms with van der Waals surface area (Å²) in [5, 5.41) is 76.2. The van der Waals surface area contributed by atoms with Gasteiger partial charge in [-0.3, -0.25) is 14.4 Å². The van der Waals surface area contributed by atoms with Gasteiger partial charge in [0.2, 0.25) is 0 Å². The number of hydrogen-bond donors (Lipinski definition) is 15. The molecule has 0 saturated carbocycles. The first-order chi connectivity index (χ1) is 15.1. The Labute approximate surface area is 206 Å². The number of aliphatic carboxylic acids is 3. The van der Waals surface area contributed by atoms with Gasteiger partial charge in [0.1, 0.15) is 42.5 Å². The summed E-state index contributed by atoms with van der Waals surface area (Å²) in [4.78, 5) is 29.3. The molecule has 0 aliphatic carbocycles. The van der Waals surface area contributed by atoms with Gasteiger partial charge in [-0.15, -0.1) is 0 Å². The van der Waals surface area contributed by atoms with Gasteiger partial charge in [-0.1, -0.05) is 0 Å². The van der Waals surface area contributed by atoms with Gasteiger partial charge in [0.05, 0.1) is 13.2 Å². The van der Waals surface area contributed by atoms with Gasteiger partial charge in [-0.2, -0.15) is 37.9 Å². The van der Waals surface area contributed by atoms with Crippen molar-refractivity contribution in [3.05, 3.63) is 0 Å². The van der Waals surface area contributed by atoms with E-state index in [1.165, 1.54) is 0 Å². The third-order valence-corrected chi connectivity index (χ3v) is 4.23. The molecule has 18 heteroatoms. The smallest absolute Gasteiger partial charge is 0.321 e. The zero-order chi connectivity index (χ0) is 27.3. The predicted molar refractivity (Wildman–Crippen MR) is 127 cm³/mol. The van der Waals surface area contributed by atoms with Crippen LogP contribution in [0.25, 0.3) is 0 Å². The van der Waals surface area contributed by atoms with Gasteiger partial charge in [0, 0.05) is 17.3 Å². The summed E-state index contributed by atoms with van der Waals surface area (Å²) >= 11 is 10.9. The van der Waals surface area contributed by atoms with E-state index in [0.717, 1.165) is 0 Å². The van der Waals surface area contributed by atoms with E-state index in [1.807, 2.05) is 0 Å². The minimum atomic E-state index is -1.67. The first-order valence-electron chi connectivity index (χ1n) is 8.80. The number of carboxylic acid groups (broad SMARTS) is 3. The van der Waals surface area contributed by atoms with Crippen molar-refractivity contribution in [2.24, 2.45) is 17.2 Å². The van der Waals surface area contributed by atoms with E-state index in [1.54, 1.807) is 0 Å². The van der Waals surface area contributed by atoms with Crippen LogP contribution in [0.15, 0.2) is 0 Å². The maximum absolute atomic E-state index is 9.76. The highest BCUT2D eigenvalue weighted by molar-refractivity contribution is 7.80. The van der Waals surface area contributed by atoms with Crippen molar-refractivity contribution < 1.29 is 60.3 Å². The fraction of sp³-hybridized carbons (Fsp3) is 0.800. The Kier molecular flexibility index (Phi) is 28.9. The van der Waals surface area contributed by atoms with Crippen molar-refractivity contribution in [2.45, 2.75) is 42.5 Å². The van der Waals surface area contributed by atoms with E-state index in [4.69, 9.17) is 63.2 Å². The van der Waals surface area contributed by atoms with Crippen molar-refractivity contribution >= 4 is 55.8 Å². The van der Waals surface area contributed by atoms with Crippen LogP contribution < -0.4 is 17.2 Å². The Hall–Kier alpha value is -0.900. The number of nitrogens with two attached hydrogens (primary N) is 3. The van der Waals surface area contributed by atoms with Crippen LogP contribution in [0.1, 0.15) is 0 Å². The van der Waals surface area contributed by atoms with Gasteiger partial charge in [-0.05, 0) is 0 Å². The molecule has 0 aromatic carbocycles. The summed E-state index contributed by atoms with van der Waals surface area (Å²) in [6.07, 6.45) is -6.39. The molecule has 0 heterocycles. The second-order valence-corrected chi connectivity index (χ2v) is 6.96. The summed E-state index contributed by atoms with van der Waals surface area (Å²) in [6.45, 7) is -1.45. The number of carbonyl (C=O) groups is 3. The Morgan fingerprint density at radius 3 is 0.818 bits per heavy atom. The van der Waals surface area contributed by atoms with Crippen LogP contribution in [0, 0.1) is 0 Å². The van der Waals surface area contributed by atoms with Gasteiger partial charge in [-0.25, -0.2) is 0 Å². The summed E-state index contributed by atoms with van der Waals surface area (Å²) in [6, 6.07) is -2.45. The monoisotopic (exact) mass is 545 g/mol. The number of thiol groups is 3.